The van der Waals surface area contributed by atoms with Gasteiger partial charge in [0.1, 0.15) is 11.6 Å². The number of nitrogens with zero attached hydrogens (tertiary/aromatic N) is 2. The van der Waals surface area contributed by atoms with Crippen molar-refractivity contribution < 1.29 is 9.15 Å². The summed E-state index contributed by atoms with van der Waals surface area (Å²) in [5.74, 6) is 1.94. The van der Waals surface area contributed by atoms with Gasteiger partial charge in [0, 0.05) is 34.2 Å². The highest BCUT2D eigenvalue weighted by molar-refractivity contribution is 9.10. The normalized spacial score (nSPS) is 13.1. The molecule has 2 aromatic heterocycles. The Hall–Kier alpha value is -3.06. The second-order valence-electron chi connectivity index (χ2n) is 6.66. The summed E-state index contributed by atoms with van der Waals surface area (Å²) >= 11 is 3.52. The van der Waals surface area contributed by atoms with Crippen molar-refractivity contribution in [2.45, 2.75) is 6.42 Å². The predicted molar refractivity (Wildman–Crippen MR) is 111 cm³/mol. The molecule has 0 fully saturated rings. The van der Waals surface area contributed by atoms with Crippen LogP contribution in [0.25, 0.3) is 22.2 Å². The number of hydrogen-bond donors (Lipinski definition) is 1. The molecule has 0 unspecified atom stereocenters. The van der Waals surface area contributed by atoms with E-state index >= 15 is 0 Å². The summed E-state index contributed by atoms with van der Waals surface area (Å²) in [5, 5.41) is 0.575. The first kappa shape index (κ1) is 17.1. The van der Waals surface area contributed by atoms with Gasteiger partial charge in [0.05, 0.1) is 24.4 Å². The lowest BCUT2D eigenvalue weighted by molar-refractivity contribution is 0.415. The van der Waals surface area contributed by atoms with Crippen LogP contribution in [0, 0.1) is 0 Å². The summed E-state index contributed by atoms with van der Waals surface area (Å²) in [6.07, 6.45) is 3.89. The number of halogens is 1. The molecule has 1 aliphatic heterocycles. The Balaban J connectivity index is 1.66. The van der Waals surface area contributed by atoms with Crippen molar-refractivity contribution in [1.29, 1.82) is 0 Å². The number of fused-ring (bicyclic) bond motifs is 2. The average Bonchev–Trinajstić information content (AvgIpc) is 3.36. The van der Waals surface area contributed by atoms with Gasteiger partial charge in [-0.1, -0.05) is 15.9 Å². The predicted octanol–water partition coefficient (Wildman–Crippen LogP) is 4.65. The van der Waals surface area contributed by atoms with Crippen molar-refractivity contribution in [2.75, 3.05) is 18.6 Å². The molecular formula is C21H16BrN3O3. The summed E-state index contributed by atoms with van der Waals surface area (Å²) < 4.78 is 12.0. The minimum atomic E-state index is -0.0577. The molecule has 0 bridgehead atoms. The van der Waals surface area contributed by atoms with Crippen molar-refractivity contribution in [3.8, 4) is 17.1 Å². The topological polar surface area (TPSA) is 71.4 Å². The number of aromatic nitrogens is 2. The van der Waals surface area contributed by atoms with Crippen LogP contribution in [-0.2, 0) is 6.42 Å². The van der Waals surface area contributed by atoms with Gasteiger partial charge in [-0.2, -0.15) is 0 Å². The number of rotatable bonds is 3. The average molecular weight is 438 g/mol. The van der Waals surface area contributed by atoms with Gasteiger partial charge in [-0.05, 0) is 36.2 Å². The standard InChI is InChI=1S/C21H16BrN3O3/c1-27-19-8-16-14(7-15(19)20-10-23-11-28-20)18(26)9-21(24-16)25-5-4-12-6-13(22)2-3-17(12)25/h2-3,6-11H,4-5H2,1H3,(H,24,26). The van der Waals surface area contributed by atoms with E-state index in [0.717, 1.165) is 28.9 Å². The Morgan fingerprint density at radius 1 is 1.25 bits per heavy atom. The highest BCUT2D eigenvalue weighted by atomic mass is 79.9. The third-order valence-electron chi connectivity index (χ3n) is 5.06. The van der Waals surface area contributed by atoms with Crippen molar-refractivity contribution in [3.63, 3.8) is 0 Å². The van der Waals surface area contributed by atoms with Gasteiger partial charge in [-0.25, -0.2) is 4.98 Å². The van der Waals surface area contributed by atoms with Crippen molar-refractivity contribution in [2.24, 2.45) is 0 Å². The van der Waals surface area contributed by atoms with E-state index in [2.05, 4.69) is 42.9 Å². The first-order valence-electron chi connectivity index (χ1n) is 8.84. The van der Waals surface area contributed by atoms with Gasteiger partial charge in [0.2, 0.25) is 0 Å². The van der Waals surface area contributed by atoms with Crippen LogP contribution < -0.4 is 15.1 Å². The molecule has 1 aliphatic rings. The Kier molecular flexibility index (Phi) is 3.98. The van der Waals surface area contributed by atoms with Gasteiger partial charge in [0.15, 0.2) is 17.6 Å². The molecule has 0 saturated heterocycles. The Morgan fingerprint density at radius 2 is 2.14 bits per heavy atom. The maximum absolute atomic E-state index is 12.9. The first-order chi connectivity index (χ1) is 13.6. The number of oxazole rings is 1. The van der Waals surface area contributed by atoms with Gasteiger partial charge in [-0.15, -0.1) is 0 Å². The molecular weight excluding hydrogens is 422 g/mol. The van der Waals surface area contributed by atoms with E-state index in [1.165, 1.54) is 12.0 Å². The van der Waals surface area contributed by atoms with Crippen LogP contribution in [0.3, 0.4) is 0 Å². The zero-order valence-corrected chi connectivity index (χ0v) is 16.6. The molecule has 0 amide bonds. The highest BCUT2D eigenvalue weighted by Gasteiger charge is 2.22. The molecule has 0 radical (unpaired) electrons. The second kappa shape index (κ2) is 6.53. The molecule has 1 N–H and O–H groups in total. The lowest BCUT2D eigenvalue weighted by Gasteiger charge is -2.20. The van der Waals surface area contributed by atoms with E-state index in [1.807, 2.05) is 12.1 Å². The minimum absolute atomic E-state index is 0.0577. The molecule has 140 valence electrons. The quantitative estimate of drug-likeness (QED) is 0.504. The lowest BCUT2D eigenvalue weighted by atomic mass is 10.1. The summed E-state index contributed by atoms with van der Waals surface area (Å²) in [6.45, 7) is 0.820. The molecule has 0 aliphatic carbocycles. The number of methoxy groups -OCH3 is 1. The zero-order chi connectivity index (χ0) is 19.3. The van der Waals surface area contributed by atoms with E-state index in [4.69, 9.17) is 9.15 Å². The van der Waals surface area contributed by atoms with Crippen LogP contribution in [0.5, 0.6) is 5.75 Å². The number of ether oxygens (including phenoxy) is 1. The Bertz CT molecular complexity index is 1250. The van der Waals surface area contributed by atoms with Crippen LogP contribution in [0.2, 0.25) is 0 Å². The first-order valence-corrected chi connectivity index (χ1v) is 9.63. The SMILES string of the molecule is COc1cc2[nH]c(N3CCc4cc(Br)ccc43)cc(=O)c2cc1-c1cnco1. The third-order valence-corrected chi connectivity index (χ3v) is 5.55. The molecule has 0 spiro atoms. The molecule has 0 saturated carbocycles. The van der Waals surface area contributed by atoms with Crippen LogP contribution >= 0.6 is 15.9 Å². The van der Waals surface area contributed by atoms with E-state index in [9.17, 15) is 4.79 Å². The zero-order valence-electron chi connectivity index (χ0n) is 15.0. The van der Waals surface area contributed by atoms with Gasteiger partial charge >= 0.3 is 0 Å². The highest BCUT2D eigenvalue weighted by Crippen LogP contribution is 2.37. The van der Waals surface area contributed by atoms with E-state index in [0.29, 0.717) is 28.0 Å². The fourth-order valence-electron chi connectivity index (χ4n) is 3.74. The van der Waals surface area contributed by atoms with Crippen LogP contribution in [0.15, 0.2) is 62.7 Å². The number of H-pyrrole nitrogens is 1. The second-order valence-corrected chi connectivity index (χ2v) is 7.57. The van der Waals surface area contributed by atoms with Crippen LogP contribution in [0.4, 0.5) is 11.5 Å². The molecule has 6 nitrogen and oxygen atoms in total. The third kappa shape index (κ3) is 2.70. The fourth-order valence-corrected chi connectivity index (χ4v) is 4.15. The summed E-state index contributed by atoms with van der Waals surface area (Å²) in [5.41, 5.74) is 3.73. The van der Waals surface area contributed by atoms with Gasteiger partial charge < -0.3 is 19.0 Å². The van der Waals surface area contributed by atoms with E-state index in [-0.39, 0.29) is 5.43 Å². The summed E-state index contributed by atoms with van der Waals surface area (Å²) in [4.78, 5) is 22.4. The van der Waals surface area contributed by atoms with Gasteiger partial charge in [0.25, 0.3) is 0 Å². The molecule has 3 heterocycles. The lowest BCUT2D eigenvalue weighted by Crippen LogP contribution is -2.17. The van der Waals surface area contributed by atoms with Crippen molar-refractivity contribution in [1.82, 2.24) is 9.97 Å². The number of benzene rings is 2. The maximum Gasteiger partial charge on any atom is 0.191 e. The van der Waals surface area contributed by atoms with Crippen molar-refractivity contribution in [3.05, 3.63) is 69.2 Å². The largest absolute Gasteiger partial charge is 0.496 e. The van der Waals surface area contributed by atoms with Crippen molar-refractivity contribution >= 4 is 38.3 Å². The summed E-state index contributed by atoms with van der Waals surface area (Å²) in [6, 6.07) is 11.5. The Labute approximate surface area is 168 Å². The van der Waals surface area contributed by atoms with E-state index in [1.54, 1.807) is 25.4 Å². The minimum Gasteiger partial charge on any atom is -0.496 e. The maximum atomic E-state index is 12.9. The number of hydrogen-bond acceptors (Lipinski definition) is 5. The van der Waals surface area contributed by atoms with E-state index < -0.39 is 0 Å². The Morgan fingerprint density at radius 3 is 2.93 bits per heavy atom. The summed E-state index contributed by atoms with van der Waals surface area (Å²) in [7, 11) is 1.59. The number of nitrogens with one attached hydrogen (secondary N) is 1. The van der Waals surface area contributed by atoms with Gasteiger partial charge in [-0.3, -0.25) is 4.79 Å². The fraction of sp³-hybridized carbons (Fsp3) is 0.143. The van der Waals surface area contributed by atoms with Crippen LogP contribution in [0.1, 0.15) is 5.56 Å². The molecule has 0 atom stereocenters. The molecule has 28 heavy (non-hydrogen) atoms. The van der Waals surface area contributed by atoms with Crippen LogP contribution in [-0.4, -0.2) is 23.6 Å². The molecule has 5 rings (SSSR count). The smallest absolute Gasteiger partial charge is 0.191 e. The molecule has 4 aromatic rings. The number of aromatic amines is 1. The monoisotopic (exact) mass is 437 g/mol. The number of anilines is 2. The molecule has 7 heteroatoms. The number of pyridine rings is 1. The molecule has 2 aromatic carbocycles.